The second-order valence-corrected chi connectivity index (χ2v) is 9.05. The van der Waals surface area contributed by atoms with E-state index in [1.165, 1.54) is 6.92 Å². The Morgan fingerprint density at radius 3 is 1.47 bits per heavy atom. The summed E-state index contributed by atoms with van der Waals surface area (Å²) in [6.07, 6.45) is 0. The molecule has 0 atom stereocenters. The number of nitrogens with one attached hydrogen (secondary N) is 1. The maximum Gasteiger partial charge on any atom is 0.335 e. The van der Waals surface area contributed by atoms with Gasteiger partial charge in [0, 0.05) is 33.9 Å². The molecule has 0 unspecified atom stereocenters. The number of anilines is 1. The van der Waals surface area contributed by atoms with Gasteiger partial charge in [0.05, 0.1) is 11.1 Å². The van der Waals surface area contributed by atoms with E-state index in [4.69, 9.17) is 10.2 Å². The van der Waals surface area contributed by atoms with Crippen LogP contribution in [0.4, 0.5) is 5.69 Å². The fraction of sp³-hybridized carbons (Fsp3) is 0.125. The Labute approximate surface area is 194 Å². The highest BCUT2D eigenvalue weighted by atomic mass is 32.2. The molecule has 3 rings (SSSR count). The molecule has 0 aliphatic rings. The van der Waals surface area contributed by atoms with Gasteiger partial charge in [-0.05, 0) is 71.8 Å². The molecular formula is C24H21NO5S2. The third-order valence-electron chi connectivity index (χ3n) is 4.39. The quantitative estimate of drug-likeness (QED) is 0.351. The Balaban J connectivity index is 1.71. The van der Waals surface area contributed by atoms with Crippen LogP contribution in [0.2, 0.25) is 0 Å². The third-order valence-corrected chi connectivity index (χ3v) is 6.55. The highest BCUT2D eigenvalue weighted by Gasteiger charge is 2.07. The SMILES string of the molecule is CC(=O)Nc1cc(CSc2ccc(C(=O)O)cc2)cc(CSc2ccc(C(=O)O)cc2)c1. The van der Waals surface area contributed by atoms with E-state index in [-0.39, 0.29) is 17.0 Å². The lowest BCUT2D eigenvalue weighted by Gasteiger charge is -2.11. The van der Waals surface area contributed by atoms with Gasteiger partial charge in [-0.1, -0.05) is 6.07 Å². The molecule has 8 heteroatoms. The molecule has 0 bridgehead atoms. The summed E-state index contributed by atoms with van der Waals surface area (Å²) in [5.74, 6) is -0.745. The number of hydrogen-bond acceptors (Lipinski definition) is 5. The Morgan fingerprint density at radius 2 is 1.12 bits per heavy atom. The van der Waals surface area contributed by atoms with E-state index in [2.05, 4.69) is 11.4 Å². The molecule has 0 saturated carbocycles. The fourth-order valence-corrected chi connectivity index (χ4v) is 4.58. The van der Waals surface area contributed by atoms with Gasteiger partial charge in [0.15, 0.2) is 0 Å². The number of aromatic carboxylic acids is 2. The van der Waals surface area contributed by atoms with Crippen molar-refractivity contribution in [2.75, 3.05) is 5.32 Å². The number of carbonyl (C=O) groups excluding carboxylic acids is 1. The number of hydrogen-bond donors (Lipinski definition) is 3. The topological polar surface area (TPSA) is 104 Å². The number of benzene rings is 3. The number of thioether (sulfide) groups is 2. The van der Waals surface area contributed by atoms with E-state index >= 15 is 0 Å². The van der Waals surface area contributed by atoms with Gasteiger partial charge >= 0.3 is 11.9 Å². The number of amides is 1. The van der Waals surface area contributed by atoms with Gasteiger partial charge in [0.25, 0.3) is 0 Å². The van der Waals surface area contributed by atoms with Crippen molar-refractivity contribution in [3.8, 4) is 0 Å². The molecule has 164 valence electrons. The first kappa shape index (κ1) is 23.4. The number of carbonyl (C=O) groups is 3. The van der Waals surface area contributed by atoms with Crippen LogP contribution >= 0.6 is 23.5 Å². The first-order chi connectivity index (χ1) is 15.3. The van der Waals surface area contributed by atoms with Crippen molar-refractivity contribution in [3.63, 3.8) is 0 Å². The van der Waals surface area contributed by atoms with E-state index < -0.39 is 11.9 Å². The molecule has 0 aromatic heterocycles. The smallest absolute Gasteiger partial charge is 0.335 e. The van der Waals surface area contributed by atoms with Gasteiger partial charge in [-0.3, -0.25) is 4.79 Å². The Hall–Kier alpha value is -3.23. The van der Waals surface area contributed by atoms with Crippen LogP contribution in [0.1, 0.15) is 38.8 Å². The summed E-state index contributed by atoms with van der Waals surface area (Å²) in [7, 11) is 0. The molecule has 0 aliphatic heterocycles. The monoisotopic (exact) mass is 467 g/mol. The largest absolute Gasteiger partial charge is 0.478 e. The molecule has 1 amide bonds. The molecule has 6 nitrogen and oxygen atoms in total. The van der Waals surface area contributed by atoms with Crippen LogP contribution in [-0.4, -0.2) is 28.1 Å². The minimum atomic E-state index is -0.954. The predicted octanol–water partition coefficient (Wildman–Crippen LogP) is 5.63. The standard InChI is InChI=1S/C24H21NO5S2/c1-15(26)25-20-11-16(13-31-21-6-2-18(3-7-21)23(27)28)10-17(12-20)14-32-22-8-4-19(5-9-22)24(29)30/h2-12H,13-14H2,1H3,(H,25,26)(H,27,28)(H,29,30). The van der Waals surface area contributed by atoms with E-state index in [1.54, 1.807) is 72.1 Å². The molecule has 0 aliphatic carbocycles. The lowest BCUT2D eigenvalue weighted by atomic mass is 10.1. The van der Waals surface area contributed by atoms with Gasteiger partial charge in [-0.2, -0.15) is 0 Å². The van der Waals surface area contributed by atoms with Gasteiger partial charge in [-0.25, -0.2) is 9.59 Å². The van der Waals surface area contributed by atoms with Crippen molar-refractivity contribution < 1.29 is 24.6 Å². The van der Waals surface area contributed by atoms with Gasteiger partial charge in [0.2, 0.25) is 5.91 Å². The van der Waals surface area contributed by atoms with E-state index in [0.29, 0.717) is 17.2 Å². The second kappa shape index (κ2) is 10.9. The van der Waals surface area contributed by atoms with Crippen molar-refractivity contribution in [3.05, 3.63) is 89.0 Å². The number of carboxylic acids is 2. The first-order valence-corrected chi connectivity index (χ1v) is 11.6. The molecule has 3 N–H and O–H groups in total. The van der Waals surface area contributed by atoms with Gasteiger partial charge < -0.3 is 15.5 Å². The summed E-state index contributed by atoms with van der Waals surface area (Å²) in [5, 5.41) is 20.9. The number of carboxylic acid groups (broad SMARTS) is 2. The fourth-order valence-electron chi connectivity index (χ4n) is 2.93. The van der Waals surface area contributed by atoms with Gasteiger partial charge in [0.1, 0.15) is 0 Å². The Kier molecular flexibility index (Phi) is 7.97. The molecule has 0 fully saturated rings. The predicted molar refractivity (Wildman–Crippen MR) is 127 cm³/mol. The summed E-state index contributed by atoms with van der Waals surface area (Å²) >= 11 is 3.16. The molecular weight excluding hydrogens is 446 g/mol. The van der Waals surface area contributed by atoms with Crippen LogP contribution in [0, 0.1) is 0 Å². The average Bonchev–Trinajstić information content (AvgIpc) is 2.76. The van der Waals surface area contributed by atoms with E-state index in [1.807, 2.05) is 12.1 Å². The third kappa shape index (κ3) is 6.90. The first-order valence-electron chi connectivity index (χ1n) is 9.63. The summed E-state index contributed by atoms with van der Waals surface area (Å²) in [6.45, 7) is 1.46. The maximum absolute atomic E-state index is 11.6. The minimum absolute atomic E-state index is 0.151. The van der Waals surface area contributed by atoms with Crippen LogP contribution in [-0.2, 0) is 16.3 Å². The van der Waals surface area contributed by atoms with Crippen LogP contribution in [0.3, 0.4) is 0 Å². The van der Waals surface area contributed by atoms with Crippen LogP contribution < -0.4 is 5.32 Å². The zero-order chi connectivity index (χ0) is 23.1. The molecule has 0 saturated heterocycles. The molecule has 0 spiro atoms. The summed E-state index contributed by atoms with van der Waals surface area (Å²) in [6, 6.07) is 19.4. The average molecular weight is 468 g/mol. The molecule has 32 heavy (non-hydrogen) atoms. The number of rotatable bonds is 9. The zero-order valence-electron chi connectivity index (χ0n) is 17.2. The summed E-state index contributed by atoms with van der Waals surface area (Å²) in [5.41, 5.74) is 3.27. The van der Waals surface area contributed by atoms with E-state index in [9.17, 15) is 14.4 Å². The summed E-state index contributed by atoms with van der Waals surface area (Å²) < 4.78 is 0. The maximum atomic E-state index is 11.6. The van der Waals surface area contributed by atoms with Crippen molar-refractivity contribution in [2.45, 2.75) is 28.2 Å². The lowest BCUT2D eigenvalue weighted by Crippen LogP contribution is -2.06. The summed E-state index contributed by atoms with van der Waals surface area (Å²) in [4.78, 5) is 35.4. The van der Waals surface area contributed by atoms with E-state index in [0.717, 1.165) is 20.9 Å². The molecule has 0 radical (unpaired) electrons. The van der Waals surface area contributed by atoms with Crippen molar-refractivity contribution >= 4 is 47.1 Å². The zero-order valence-corrected chi connectivity index (χ0v) is 18.8. The lowest BCUT2D eigenvalue weighted by molar-refractivity contribution is -0.114. The second-order valence-electron chi connectivity index (χ2n) is 6.96. The van der Waals surface area contributed by atoms with Crippen molar-refractivity contribution in [1.82, 2.24) is 0 Å². The highest BCUT2D eigenvalue weighted by molar-refractivity contribution is 7.98. The van der Waals surface area contributed by atoms with Gasteiger partial charge in [-0.15, -0.1) is 23.5 Å². The molecule has 3 aromatic carbocycles. The van der Waals surface area contributed by atoms with Crippen molar-refractivity contribution in [1.29, 1.82) is 0 Å². The molecule has 3 aromatic rings. The van der Waals surface area contributed by atoms with Crippen LogP contribution in [0.5, 0.6) is 0 Å². The normalized spacial score (nSPS) is 10.5. The van der Waals surface area contributed by atoms with Crippen LogP contribution in [0.15, 0.2) is 76.5 Å². The Bertz CT molecular complexity index is 1050. The minimum Gasteiger partial charge on any atom is -0.478 e. The highest BCUT2D eigenvalue weighted by Crippen LogP contribution is 2.29. The Morgan fingerprint density at radius 1 is 0.719 bits per heavy atom. The van der Waals surface area contributed by atoms with Crippen LogP contribution in [0.25, 0.3) is 0 Å². The molecule has 0 heterocycles. The van der Waals surface area contributed by atoms with Crippen molar-refractivity contribution in [2.24, 2.45) is 0 Å².